The molecule has 2 aromatic carbocycles. The molecule has 4 heteroatoms. The van der Waals surface area contributed by atoms with Crippen LogP contribution in [-0.4, -0.2) is 28.1 Å². The minimum atomic E-state index is 0.417. The van der Waals surface area contributed by atoms with Crippen LogP contribution in [-0.2, 0) is 6.54 Å². The number of aryl methyl sites for hydroxylation is 1. The molecule has 0 saturated carbocycles. The highest BCUT2D eigenvalue weighted by Crippen LogP contribution is 2.28. The molecule has 1 aromatic heterocycles. The minimum Gasteiger partial charge on any atom is -0.339 e. The third-order valence-electron chi connectivity index (χ3n) is 4.75. The highest BCUT2D eigenvalue weighted by atomic mass is 16.5. The van der Waals surface area contributed by atoms with Crippen molar-refractivity contribution in [3.8, 4) is 0 Å². The molecule has 0 N–H and O–H groups in total. The van der Waals surface area contributed by atoms with E-state index in [4.69, 9.17) is 4.52 Å². The fourth-order valence-electron chi connectivity index (χ4n) is 3.49. The third-order valence-corrected chi connectivity index (χ3v) is 4.75. The molecule has 2 heterocycles. The number of benzene rings is 2. The van der Waals surface area contributed by atoms with Crippen LogP contribution < -0.4 is 0 Å². The monoisotopic (exact) mass is 307 g/mol. The Labute approximate surface area is 136 Å². The fraction of sp³-hybridized carbons (Fsp3) is 0.368. The topological polar surface area (TPSA) is 42.2 Å². The summed E-state index contributed by atoms with van der Waals surface area (Å²) in [6, 6.07) is 15.2. The average Bonchev–Trinajstić information content (AvgIpc) is 3.02. The summed E-state index contributed by atoms with van der Waals surface area (Å²) in [5.74, 6) is 1.96. The molecule has 0 spiro atoms. The maximum absolute atomic E-state index is 5.34. The van der Waals surface area contributed by atoms with Crippen LogP contribution in [0.1, 0.15) is 36.0 Å². The smallest absolute Gasteiger partial charge is 0.229 e. The Morgan fingerprint density at radius 1 is 1.09 bits per heavy atom. The van der Waals surface area contributed by atoms with Crippen LogP contribution in [0.25, 0.3) is 10.8 Å². The quantitative estimate of drug-likeness (QED) is 0.735. The molecular weight excluding hydrogens is 286 g/mol. The SMILES string of the molecule is Cc1noc(C2CCN(Cc3cccc4ccccc34)CC2)n1. The second-order valence-electron chi connectivity index (χ2n) is 6.37. The van der Waals surface area contributed by atoms with E-state index in [1.807, 2.05) is 6.92 Å². The van der Waals surface area contributed by atoms with E-state index in [0.29, 0.717) is 5.92 Å². The Balaban J connectivity index is 1.44. The van der Waals surface area contributed by atoms with Crippen LogP contribution in [0.3, 0.4) is 0 Å². The second-order valence-corrected chi connectivity index (χ2v) is 6.37. The van der Waals surface area contributed by atoms with Crippen molar-refractivity contribution < 1.29 is 4.52 Å². The zero-order valence-corrected chi connectivity index (χ0v) is 13.4. The Hall–Kier alpha value is -2.20. The highest BCUT2D eigenvalue weighted by molar-refractivity contribution is 5.85. The number of piperidine rings is 1. The van der Waals surface area contributed by atoms with Crippen LogP contribution in [0.15, 0.2) is 47.0 Å². The minimum absolute atomic E-state index is 0.417. The lowest BCUT2D eigenvalue weighted by molar-refractivity contribution is 0.188. The van der Waals surface area contributed by atoms with Gasteiger partial charge in [-0.1, -0.05) is 47.6 Å². The molecule has 0 bridgehead atoms. The van der Waals surface area contributed by atoms with Crippen molar-refractivity contribution in [2.45, 2.75) is 32.2 Å². The molecule has 4 nitrogen and oxygen atoms in total. The van der Waals surface area contributed by atoms with Gasteiger partial charge in [0.15, 0.2) is 5.82 Å². The van der Waals surface area contributed by atoms with Crippen LogP contribution >= 0.6 is 0 Å². The number of hydrogen-bond donors (Lipinski definition) is 0. The van der Waals surface area contributed by atoms with E-state index < -0.39 is 0 Å². The van der Waals surface area contributed by atoms with Crippen molar-refractivity contribution in [3.63, 3.8) is 0 Å². The van der Waals surface area contributed by atoms with Crippen molar-refractivity contribution in [2.24, 2.45) is 0 Å². The number of aromatic nitrogens is 2. The Bertz CT molecular complexity index is 798. The summed E-state index contributed by atoms with van der Waals surface area (Å²) in [6.07, 6.45) is 2.18. The summed E-state index contributed by atoms with van der Waals surface area (Å²) in [6.45, 7) is 5.05. The van der Waals surface area contributed by atoms with E-state index in [9.17, 15) is 0 Å². The van der Waals surface area contributed by atoms with E-state index in [0.717, 1.165) is 44.2 Å². The Morgan fingerprint density at radius 3 is 2.65 bits per heavy atom. The van der Waals surface area contributed by atoms with Crippen molar-refractivity contribution in [1.82, 2.24) is 15.0 Å². The molecule has 1 fully saturated rings. The number of rotatable bonds is 3. The number of fused-ring (bicyclic) bond motifs is 1. The lowest BCUT2D eigenvalue weighted by Gasteiger charge is -2.30. The summed E-state index contributed by atoms with van der Waals surface area (Å²) in [4.78, 5) is 6.92. The zero-order valence-electron chi connectivity index (χ0n) is 13.4. The lowest BCUT2D eigenvalue weighted by Crippen LogP contribution is -2.32. The van der Waals surface area contributed by atoms with Gasteiger partial charge in [0, 0.05) is 12.5 Å². The van der Waals surface area contributed by atoms with Gasteiger partial charge in [0.2, 0.25) is 5.89 Å². The van der Waals surface area contributed by atoms with E-state index >= 15 is 0 Å². The van der Waals surface area contributed by atoms with Gasteiger partial charge in [-0.15, -0.1) is 0 Å². The summed E-state index contributed by atoms with van der Waals surface area (Å²) in [5, 5.41) is 6.60. The van der Waals surface area contributed by atoms with Crippen molar-refractivity contribution in [1.29, 1.82) is 0 Å². The first-order valence-electron chi connectivity index (χ1n) is 8.29. The molecule has 1 aliphatic rings. The predicted molar refractivity (Wildman–Crippen MR) is 90.2 cm³/mol. The van der Waals surface area contributed by atoms with Gasteiger partial charge in [-0.2, -0.15) is 4.98 Å². The van der Waals surface area contributed by atoms with Crippen LogP contribution in [0, 0.1) is 6.92 Å². The fourth-order valence-corrected chi connectivity index (χ4v) is 3.49. The van der Waals surface area contributed by atoms with Crippen LogP contribution in [0.2, 0.25) is 0 Å². The lowest BCUT2D eigenvalue weighted by atomic mass is 9.96. The maximum atomic E-state index is 5.34. The molecule has 1 saturated heterocycles. The summed E-state index contributed by atoms with van der Waals surface area (Å²) in [5.41, 5.74) is 1.41. The van der Waals surface area contributed by atoms with Gasteiger partial charge in [0.25, 0.3) is 0 Å². The summed E-state index contributed by atoms with van der Waals surface area (Å²) < 4.78 is 5.34. The van der Waals surface area contributed by atoms with E-state index in [-0.39, 0.29) is 0 Å². The molecule has 1 aliphatic heterocycles. The van der Waals surface area contributed by atoms with E-state index in [1.54, 1.807) is 0 Å². The first-order chi connectivity index (χ1) is 11.3. The van der Waals surface area contributed by atoms with Gasteiger partial charge in [-0.25, -0.2) is 0 Å². The molecular formula is C19H21N3O. The van der Waals surface area contributed by atoms with Gasteiger partial charge in [0.05, 0.1) is 0 Å². The first kappa shape index (κ1) is 14.4. The van der Waals surface area contributed by atoms with Gasteiger partial charge in [-0.05, 0) is 49.2 Å². The molecule has 4 rings (SSSR count). The predicted octanol–water partition coefficient (Wildman–Crippen LogP) is 3.91. The number of hydrogen-bond acceptors (Lipinski definition) is 4. The van der Waals surface area contributed by atoms with Crippen molar-refractivity contribution in [2.75, 3.05) is 13.1 Å². The first-order valence-corrected chi connectivity index (χ1v) is 8.29. The second kappa shape index (κ2) is 6.13. The Kier molecular flexibility index (Phi) is 3.83. The normalized spacial score (nSPS) is 16.9. The average molecular weight is 307 g/mol. The van der Waals surface area contributed by atoms with E-state index in [1.165, 1.54) is 16.3 Å². The molecule has 3 aromatic rings. The van der Waals surface area contributed by atoms with Crippen LogP contribution in [0.4, 0.5) is 0 Å². The van der Waals surface area contributed by atoms with Gasteiger partial charge >= 0.3 is 0 Å². The van der Waals surface area contributed by atoms with Crippen molar-refractivity contribution in [3.05, 3.63) is 59.7 Å². The molecule has 0 amide bonds. The van der Waals surface area contributed by atoms with Gasteiger partial charge in [0.1, 0.15) is 0 Å². The highest BCUT2D eigenvalue weighted by Gasteiger charge is 2.24. The summed E-state index contributed by atoms with van der Waals surface area (Å²) in [7, 11) is 0. The molecule has 118 valence electrons. The van der Waals surface area contributed by atoms with Crippen LogP contribution in [0.5, 0.6) is 0 Å². The molecule has 23 heavy (non-hydrogen) atoms. The Morgan fingerprint density at radius 2 is 1.87 bits per heavy atom. The standard InChI is InChI=1S/C19H21N3O/c1-14-20-19(23-21-14)16-9-11-22(12-10-16)13-17-7-4-6-15-5-2-3-8-18(15)17/h2-8,16H,9-13H2,1H3. The third kappa shape index (κ3) is 2.99. The van der Waals surface area contributed by atoms with Gasteiger partial charge < -0.3 is 4.52 Å². The van der Waals surface area contributed by atoms with E-state index in [2.05, 4.69) is 57.5 Å². The van der Waals surface area contributed by atoms with Crippen molar-refractivity contribution >= 4 is 10.8 Å². The van der Waals surface area contributed by atoms with Gasteiger partial charge in [-0.3, -0.25) is 4.90 Å². The number of likely N-dealkylation sites (tertiary alicyclic amines) is 1. The summed E-state index contributed by atoms with van der Waals surface area (Å²) >= 11 is 0. The zero-order chi connectivity index (χ0) is 15.6. The molecule has 0 radical (unpaired) electrons. The maximum Gasteiger partial charge on any atom is 0.229 e. The largest absolute Gasteiger partial charge is 0.339 e. The molecule has 0 unspecified atom stereocenters. The molecule has 0 aliphatic carbocycles. The number of nitrogens with zero attached hydrogens (tertiary/aromatic N) is 3. The molecule has 0 atom stereocenters.